The Hall–Kier alpha value is -2.15. The van der Waals surface area contributed by atoms with Crippen LogP contribution in [0, 0.1) is 5.82 Å². The van der Waals surface area contributed by atoms with Crippen molar-refractivity contribution in [2.75, 3.05) is 14.2 Å². The van der Waals surface area contributed by atoms with E-state index in [2.05, 4.69) is 5.32 Å². The van der Waals surface area contributed by atoms with Crippen molar-refractivity contribution in [3.05, 3.63) is 35.1 Å². The van der Waals surface area contributed by atoms with Crippen LogP contribution in [0.25, 0.3) is 0 Å². The Labute approximate surface area is 135 Å². The molecule has 6 nitrogen and oxygen atoms in total. The summed E-state index contributed by atoms with van der Waals surface area (Å²) < 4.78 is 19.3. The van der Waals surface area contributed by atoms with Crippen LogP contribution in [-0.2, 0) is 9.57 Å². The van der Waals surface area contributed by atoms with E-state index in [1.54, 1.807) is 33.8 Å². The first-order valence-corrected chi connectivity index (χ1v) is 7.16. The van der Waals surface area contributed by atoms with Crippen LogP contribution in [0.5, 0.6) is 0 Å². The molecule has 0 aliphatic heterocycles. The Balaban J connectivity index is 2.84. The van der Waals surface area contributed by atoms with Gasteiger partial charge in [-0.05, 0) is 45.4 Å². The second-order valence-corrected chi connectivity index (χ2v) is 6.09. The number of nitrogens with one attached hydrogen (secondary N) is 1. The zero-order chi connectivity index (χ0) is 17.8. The lowest BCUT2D eigenvalue weighted by Gasteiger charge is -2.22. The van der Waals surface area contributed by atoms with E-state index in [0.29, 0.717) is 5.56 Å². The Kier molecular flexibility index (Phi) is 6.09. The molecule has 2 amide bonds. The third-order valence-electron chi connectivity index (χ3n) is 3.02. The second-order valence-electron chi connectivity index (χ2n) is 6.09. The van der Waals surface area contributed by atoms with Crippen LogP contribution in [0.15, 0.2) is 18.2 Å². The summed E-state index contributed by atoms with van der Waals surface area (Å²) in [5.41, 5.74) is -0.205. The normalized spacial score (nSPS) is 12.5. The first kappa shape index (κ1) is 18.9. The molecular weight excluding hydrogens is 303 g/mol. The van der Waals surface area contributed by atoms with E-state index in [1.165, 1.54) is 26.3 Å². The van der Waals surface area contributed by atoms with Crippen molar-refractivity contribution in [3.8, 4) is 0 Å². The molecule has 0 saturated carbocycles. The van der Waals surface area contributed by atoms with Gasteiger partial charge in [-0.15, -0.1) is 0 Å². The molecule has 0 aliphatic carbocycles. The number of halogens is 1. The quantitative estimate of drug-likeness (QED) is 0.864. The van der Waals surface area contributed by atoms with E-state index in [4.69, 9.17) is 9.57 Å². The summed E-state index contributed by atoms with van der Waals surface area (Å²) in [6.45, 7) is 6.96. The minimum absolute atomic E-state index is 0.109. The van der Waals surface area contributed by atoms with E-state index in [-0.39, 0.29) is 5.56 Å². The fourth-order valence-corrected chi connectivity index (χ4v) is 1.79. The molecule has 1 rings (SSSR count). The third kappa shape index (κ3) is 5.52. The highest BCUT2D eigenvalue weighted by Gasteiger charge is 2.20. The smallest absolute Gasteiger partial charge is 0.408 e. The first-order valence-electron chi connectivity index (χ1n) is 7.16. The summed E-state index contributed by atoms with van der Waals surface area (Å²) >= 11 is 0. The van der Waals surface area contributed by atoms with Crippen molar-refractivity contribution in [2.24, 2.45) is 0 Å². The maximum atomic E-state index is 14.1. The highest BCUT2D eigenvalue weighted by Crippen LogP contribution is 2.19. The number of hydroxylamine groups is 2. The molecular formula is C16H23FN2O4. The number of carbonyl (C=O) groups is 2. The van der Waals surface area contributed by atoms with Crippen LogP contribution in [0.4, 0.5) is 9.18 Å². The largest absolute Gasteiger partial charge is 0.444 e. The average molecular weight is 326 g/mol. The summed E-state index contributed by atoms with van der Waals surface area (Å²) in [7, 11) is 2.71. The highest BCUT2D eigenvalue weighted by molar-refractivity contribution is 5.93. The van der Waals surface area contributed by atoms with Crippen LogP contribution in [0.2, 0.25) is 0 Å². The minimum atomic E-state index is -0.686. The number of rotatable bonds is 4. The molecule has 1 aromatic carbocycles. The van der Waals surface area contributed by atoms with Crippen molar-refractivity contribution in [1.29, 1.82) is 0 Å². The van der Waals surface area contributed by atoms with Gasteiger partial charge in [-0.25, -0.2) is 14.2 Å². The molecule has 0 aliphatic rings. The van der Waals surface area contributed by atoms with Gasteiger partial charge in [0.25, 0.3) is 5.91 Å². The number of amides is 2. The number of hydrogen-bond donors (Lipinski definition) is 1. The Morgan fingerprint density at radius 3 is 2.39 bits per heavy atom. The summed E-state index contributed by atoms with van der Waals surface area (Å²) in [6.07, 6.45) is -0.593. The lowest BCUT2D eigenvalue weighted by atomic mass is 10.1. The van der Waals surface area contributed by atoms with Gasteiger partial charge in [0.15, 0.2) is 0 Å². The van der Waals surface area contributed by atoms with Gasteiger partial charge < -0.3 is 10.1 Å². The average Bonchev–Trinajstić information content (AvgIpc) is 2.43. The minimum Gasteiger partial charge on any atom is -0.444 e. The summed E-state index contributed by atoms with van der Waals surface area (Å²) in [6, 6.07) is 3.67. The molecule has 1 aromatic rings. The van der Waals surface area contributed by atoms with Crippen molar-refractivity contribution in [1.82, 2.24) is 10.4 Å². The molecule has 0 bridgehead atoms. The molecule has 0 heterocycles. The van der Waals surface area contributed by atoms with Gasteiger partial charge in [0.1, 0.15) is 11.4 Å². The summed E-state index contributed by atoms with van der Waals surface area (Å²) in [5, 5.41) is 3.55. The number of nitrogens with zero attached hydrogens (tertiary/aromatic N) is 1. The number of alkyl carbamates (subject to hydrolysis) is 1. The SMILES string of the molecule is CON(C)C(=O)c1ccc([C@H](C)NC(=O)OC(C)(C)C)cc1F. The number of carbonyl (C=O) groups excluding carboxylic acids is 2. The van der Waals surface area contributed by atoms with Crippen molar-refractivity contribution < 1.29 is 23.6 Å². The summed E-state index contributed by atoms with van der Waals surface area (Å²) in [4.78, 5) is 28.4. The van der Waals surface area contributed by atoms with E-state index in [0.717, 1.165) is 5.06 Å². The Morgan fingerprint density at radius 2 is 1.91 bits per heavy atom. The van der Waals surface area contributed by atoms with Gasteiger partial charge in [0, 0.05) is 7.05 Å². The lowest BCUT2D eigenvalue weighted by Crippen LogP contribution is -2.34. The van der Waals surface area contributed by atoms with Crippen molar-refractivity contribution in [2.45, 2.75) is 39.3 Å². The van der Waals surface area contributed by atoms with Gasteiger partial charge in [-0.3, -0.25) is 9.63 Å². The molecule has 7 heteroatoms. The topological polar surface area (TPSA) is 67.9 Å². The maximum Gasteiger partial charge on any atom is 0.408 e. The van der Waals surface area contributed by atoms with Crippen molar-refractivity contribution >= 4 is 12.0 Å². The van der Waals surface area contributed by atoms with Crippen molar-refractivity contribution in [3.63, 3.8) is 0 Å². The summed E-state index contributed by atoms with van der Waals surface area (Å²) in [5.74, 6) is -1.28. The molecule has 0 aromatic heterocycles. The molecule has 0 fully saturated rings. The van der Waals surface area contributed by atoms with E-state index >= 15 is 0 Å². The zero-order valence-electron chi connectivity index (χ0n) is 14.3. The number of hydrogen-bond acceptors (Lipinski definition) is 4. The standard InChI is InChI=1S/C16H23FN2O4/c1-10(18-15(21)23-16(2,3)4)11-7-8-12(13(17)9-11)14(20)19(5)22-6/h7-10H,1-6H3,(H,18,21)/t10-/m0/s1. The molecule has 128 valence electrons. The molecule has 23 heavy (non-hydrogen) atoms. The van der Waals surface area contributed by atoms with Crippen LogP contribution >= 0.6 is 0 Å². The van der Waals surface area contributed by atoms with Gasteiger partial charge in [0.2, 0.25) is 0 Å². The number of benzene rings is 1. The van der Waals surface area contributed by atoms with Gasteiger partial charge in [-0.2, -0.15) is 0 Å². The molecule has 0 unspecified atom stereocenters. The predicted molar refractivity (Wildman–Crippen MR) is 83.3 cm³/mol. The maximum absolute atomic E-state index is 14.1. The molecule has 1 atom stereocenters. The fraction of sp³-hybridized carbons (Fsp3) is 0.500. The van der Waals surface area contributed by atoms with Gasteiger partial charge in [-0.1, -0.05) is 6.07 Å². The molecule has 0 spiro atoms. The van der Waals surface area contributed by atoms with Crippen LogP contribution in [-0.4, -0.2) is 36.8 Å². The third-order valence-corrected chi connectivity index (χ3v) is 3.02. The Morgan fingerprint density at radius 1 is 1.30 bits per heavy atom. The molecule has 0 radical (unpaired) electrons. The van der Waals surface area contributed by atoms with E-state index in [9.17, 15) is 14.0 Å². The monoisotopic (exact) mass is 326 g/mol. The van der Waals surface area contributed by atoms with E-state index < -0.39 is 29.5 Å². The highest BCUT2D eigenvalue weighted by atomic mass is 19.1. The van der Waals surface area contributed by atoms with E-state index in [1.807, 2.05) is 0 Å². The Bertz CT molecular complexity index is 584. The first-order chi connectivity index (χ1) is 10.5. The lowest BCUT2D eigenvalue weighted by molar-refractivity contribution is -0.0759. The predicted octanol–water partition coefficient (Wildman–Crippen LogP) is 3.04. The zero-order valence-corrected chi connectivity index (χ0v) is 14.3. The van der Waals surface area contributed by atoms with Gasteiger partial charge in [0.05, 0.1) is 18.7 Å². The van der Waals surface area contributed by atoms with Gasteiger partial charge >= 0.3 is 6.09 Å². The molecule has 0 saturated heterocycles. The van der Waals surface area contributed by atoms with Crippen LogP contribution in [0.1, 0.15) is 49.7 Å². The van der Waals surface area contributed by atoms with Crippen LogP contribution in [0.3, 0.4) is 0 Å². The van der Waals surface area contributed by atoms with Crippen LogP contribution < -0.4 is 5.32 Å². The molecule has 1 N–H and O–H groups in total. The number of ether oxygens (including phenoxy) is 1. The second kappa shape index (κ2) is 7.41. The fourth-order valence-electron chi connectivity index (χ4n) is 1.79.